The zero-order valence-corrected chi connectivity index (χ0v) is 19.3. The summed E-state index contributed by atoms with van der Waals surface area (Å²) in [5.41, 5.74) is 10.5. The second kappa shape index (κ2) is 9.14. The van der Waals surface area contributed by atoms with Gasteiger partial charge >= 0.3 is 0 Å². The monoisotopic (exact) mass is 488 g/mol. The predicted molar refractivity (Wildman–Crippen MR) is 131 cm³/mol. The molecule has 0 amide bonds. The number of rotatable bonds is 5. The van der Waals surface area contributed by atoms with Gasteiger partial charge in [-0.15, -0.1) is 5.10 Å². The highest BCUT2D eigenvalue weighted by molar-refractivity contribution is 6.30. The summed E-state index contributed by atoms with van der Waals surface area (Å²) in [6, 6.07) is 24.6. The maximum Gasteiger partial charge on any atom is 0.244 e. The molecule has 0 saturated heterocycles. The third-order valence-electron chi connectivity index (χ3n) is 5.56. The zero-order valence-electron chi connectivity index (χ0n) is 17.8. The summed E-state index contributed by atoms with van der Waals surface area (Å²) < 4.78 is 11.7. The van der Waals surface area contributed by atoms with Gasteiger partial charge < -0.3 is 15.2 Å². The van der Waals surface area contributed by atoms with Crippen molar-refractivity contribution in [2.75, 3.05) is 0 Å². The second-order valence-corrected chi connectivity index (χ2v) is 8.61. The van der Waals surface area contributed by atoms with Crippen molar-refractivity contribution in [2.45, 2.75) is 12.5 Å². The van der Waals surface area contributed by atoms with Gasteiger partial charge in [-0.25, -0.2) is 0 Å². The number of ether oxygens (including phenoxy) is 2. The van der Waals surface area contributed by atoms with Crippen molar-refractivity contribution in [2.24, 2.45) is 5.73 Å². The summed E-state index contributed by atoms with van der Waals surface area (Å²) in [6.07, 6.45) is 0. The molecule has 168 valence electrons. The van der Waals surface area contributed by atoms with Gasteiger partial charge in [0.1, 0.15) is 24.0 Å². The Balaban J connectivity index is 1.54. The highest BCUT2D eigenvalue weighted by atomic mass is 35.5. The van der Waals surface area contributed by atoms with E-state index in [1.165, 1.54) is 0 Å². The Morgan fingerprint density at radius 3 is 2.59 bits per heavy atom. The number of aromatic nitrogens is 2. The number of nitrogens with zero attached hydrogens (tertiary/aromatic N) is 2. The van der Waals surface area contributed by atoms with Crippen LogP contribution < -0.4 is 15.2 Å². The van der Waals surface area contributed by atoms with Crippen LogP contribution in [0.15, 0.2) is 84.3 Å². The first-order chi connectivity index (χ1) is 16.5. The number of nitrogens with two attached hydrogens (primary N) is 1. The maximum absolute atomic E-state index is 9.94. The van der Waals surface area contributed by atoms with E-state index in [0.717, 1.165) is 27.9 Å². The lowest BCUT2D eigenvalue weighted by Gasteiger charge is -2.24. The molecule has 34 heavy (non-hydrogen) atoms. The van der Waals surface area contributed by atoms with Crippen LogP contribution in [0.5, 0.6) is 11.6 Å². The highest BCUT2D eigenvalue weighted by Gasteiger charge is 2.35. The van der Waals surface area contributed by atoms with Gasteiger partial charge in [-0.05, 0) is 47.5 Å². The first kappa shape index (κ1) is 21.9. The Bertz CT molecular complexity index is 1440. The Morgan fingerprint density at radius 2 is 1.82 bits per heavy atom. The summed E-state index contributed by atoms with van der Waals surface area (Å²) in [6.45, 7) is 0.355. The minimum atomic E-state index is -0.493. The summed E-state index contributed by atoms with van der Waals surface area (Å²) in [5.74, 6) is 0.516. The smallest absolute Gasteiger partial charge is 0.244 e. The zero-order chi connectivity index (χ0) is 23.7. The van der Waals surface area contributed by atoms with Crippen LogP contribution in [0.25, 0.3) is 11.3 Å². The number of benzene rings is 3. The average molecular weight is 489 g/mol. The van der Waals surface area contributed by atoms with Crippen molar-refractivity contribution in [3.8, 4) is 29.0 Å². The first-order valence-electron chi connectivity index (χ1n) is 10.4. The number of aromatic amines is 1. The molecule has 3 N–H and O–H groups in total. The van der Waals surface area contributed by atoms with E-state index in [0.29, 0.717) is 33.9 Å². The van der Waals surface area contributed by atoms with Crippen LogP contribution in [0.2, 0.25) is 10.0 Å². The van der Waals surface area contributed by atoms with Gasteiger partial charge in [0.2, 0.25) is 11.8 Å². The molecule has 4 aromatic rings. The molecule has 1 atom stereocenters. The predicted octanol–water partition coefficient (Wildman–Crippen LogP) is 6.18. The van der Waals surface area contributed by atoms with Gasteiger partial charge in [-0.3, -0.25) is 5.10 Å². The number of hydrogen-bond acceptors (Lipinski definition) is 5. The van der Waals surface area contributed by atoms with Crippen LogP contribution in [-0.4, -0.2) is 10.2 Å². The fourth-order valence-corrected chi connectivity index (χ4v) is 4.33. The van der Waals surface area contributed by atoms with E-state index < -0.39 is 5.92 Å². The minimum Gasteiger partial charge on any atom is -0.489 e. The van der Waals surface area contributed by atoms with Crippen molar-refractivity contribution in [1.82, 2.24) is 10.2 Å². The Kier molecular flexibility index (Phi) is 5.89. The average Bonchev–Trinajstić information content (AvgIpc) is 3.26. The minimum absolute atomic E-state index is 0.0272. The van der Waals surface area contributed by atoms with E-state index >= 15 is 0 Å². The van der Waals surface area contributed by atoms with Gasteiger partial charge in [0.15, 0.2) is 0 Å². The lowest BCUT2D eigenvalue weighted by atomic mass is 9.83. The Morgan fingerprint density at radius 1 is 1.03 bits per heavy atom. The fraction of sp³-hybridized carbons (Fsp3) is 0.0769. The molecule has 0 bridgehead atoms. The lowest BCUT2D eigenvalue weighted by molar-refractivity contribution is 0.306. The Hall–Kier alpha value is -3.92. The van der Waals surface area contributed by atoms with Crippen molar-refractivity contribution in [3.63, 3.8) is 0 Å². The molecule has 1 aliphatic rings. The van der Waals surface area contributed by atoms with Gasteiger partial charge in [0, 0.05) is 15.6 Å². The number of nitriles is 1. The molecule has 1 unspecified atom stereocenters. The Labute approximate surface area is 206 Å². The van der Waals surface area contributed by atoms with Crippen LogP contribution in [0.1, 0.15) is 22.6 Å². The quantitative estimate of drug-likeness (QED) is 0.349. The topological polar surface area (TPSA) is 97.0 Å². The highest BCUT2D eigenvalue weighted by Crippen LogP contribution is 2.46. The molecule has 0 fully saturated rings. The van der Waals surface area contributed by atoms with Crippen LogP contribution in [0, 0.1) is 11.3 Å². The second-order valence-electron chi connectivity index (χ2n) is 7.74. The molecular formula is C26H18Cl2N4O2. The molecule has 6 nitrogen and oxygen atoms in total. The molecule has 2 heterocycles. The number of H-pyrrole nitrogens is 1. The van der Waals surface area contributed by atoms with Crippen LogP contribution in [0.3, 0.4) is 0 Å². The van der Waals surface area contributed by atoms with Crippen molar-refractivity contribution >= 4 is 23.2 Å². The largest absolute Gasteiger partial charge is 0.489 e. The van der Waals surface area contributed by atoms with E-state index in [9.17, 15) is 5.26 Å². The molecular weight excluding hydrogens is 471 g/mol. The first-order valence-corrected chi connectivity index (χ1v) is 11.2. The summed E-state index contributed by atoms with van der Waals surface area (Å²) in [7, 11) is 0. The van der Waals surface area contributed by atoms with Gasteiger partial charge in [-0.2, -0.15) is 5.26 Å². The summed E-state index contributed by atoms with van der Waals surface area (Å²) in [5, 5.41) is 18.6. The van der Waals surface area contributed by atoms with Crippen LogP contribution >= 0.6 is 23.2 Å². The van der Waals surface area contributed by atoms with E-state index in [1.54, 1.807) is 12.1 Å². The van der Waals surface area contributed by atoms with E-state index in [4.69, 9.17) is 38.4 Å². The lowest BCUT2D eigenvalue weighted by Crippen LogP contribution is -2.21. The number of fused-ring (bicyclic) bond motifs is 1. The number of halogens is 2. The molecule has 5 rings (SSSR count). The molecule has 0 radical (unpaired) electrons. The van der Waals surface area contributed by atoms with Crippen LogP contribution in [-0.2, 0) is 6.61 Å². The maximum atomic E-state index is 9.94. The normalized spacial score (nSPS) is 14.8. The van der Waals surface area contributed by atoms with Gasteiger partial charge in [0.05, 0.1) is 17.2 Å². The SMILES string of the molecule is N#CC1=C(N)Oc2n[nH]c(-c3ccc(Cl)cc3)c2C1c1cccc(OCc2cccc(Cl)c2)c1. The van der Waals surface area contributed by atoms with E-state index in [1.807, 2.05) is 60.7 Å². The molecule has 0 aliphatic carbocycles. The molecule has 3 aromatic carbocycles. The molecule has 1 aliphatic heterocycles. The number of hydrogen-bond donors (Lipinski definition) is 2. The number of allylic oxidation sites excluding steroid dienone is 1. The van der Waals surface area contributed by atoms with E-state index in [2.05, 4.69) is 16.3 Å². The molecule has 8 heteroatoms. The molecule has 0 spiro atoms. The van der Waals surface area contributed by atoms with E-state index in [-0.39, 0.29) is 5.88 Å². The number of nitrogens with one attached hydrogen (secondary N) is 1. The van der Waals surface area contributed by atoms with Crippen LogP contribution in [0.4, 0.5) is 0 Å². The summed E-state index contributed by atoms with van der Waals surface area (Å²) in [4.78, 5) is 0. The molecule has 1 aromatic heterocycles. The van der Waals surface area contributed by atoms with Crippen molar-refractivity contribution in [1.29, 1.82) is 5.26 Å². The van der Waals surface area contributed by atoms with Crippen molar-refractivity contribution in [3.05, 3.63) is 111 Å². The standard InChI is InChI=1S/C26H18Cl2N4O2/c27-18-9-7-16(8-10-18)24-23-22(21(13-29)25(30)34-26(23)32-31-24)17-4-2-6-20(12-17)33-14-15-3-1-5-19(28)11-15/h1-12,22H,14,30H2,(H,31,32). The fourth-order valence-electron chi connectivity index (χ4n) is 3.99. The summed E-state index contributed by atoms with van der Waals surface area (Å²) >= 11 is 12.1. The van der Waals surface area contributed by atoms with Gasteiger partial charge in [0.25, 0.3) is 0 Å². The third-order valence-corrected chi connectivity index (χ3v) is 6.04. The van der Waals surface area contributed by atoms with Gasteiger partial charge in [-0.1, -0.05) is 59.6 Å². The third kappa shape index (κ3) is 4.19. The molecule has 0 saturated carbocycles. The van der Waals surface area contributed by atoms with Crippen molar-refractivity contribution < 1.29 is 9.47 Å².